The molecule has 3 heteroatoms. The van der Waals surface area contributed by atoms with Crippen molar-refractivity contribution in [1.29, 1.82) is 0 Å². The smallest absolute Gasteiger partial charge is 0.169 e. The quantitative estimate of drug-likeness (QED) is 0.263. The highest BCUT2D eigenvalue weighted by Crippen LogP contribution is 2.29. The molecule has 240 valence electrons. The van der Waals surface area contributed by atoms with Gasteiger partial charge in [-0.3, -0.25) is 4.79 Å². The minimum absolute atomic E-state index is 0.160. The number of ketones is 1. The van der Waals surface area contributed by atoms with E-state index in [1.807, 2.05) is 25.8 Å². The number of unbranched alkanes of at least 4 members (excludes halogenated alkanes) is 2. The fourth-order valence-corrected chi connectivity index (χ4v) is 3.04. The Morgan fingerprint density at radius 2 is 0.951 bits per heavy atom. The second-order valence-corrected chi connectivity index (χ2v) is 14.8. The number of benzene rings is 1. The average Bonchev–Trinajstić information content (AvgIpc) is 3.31. The molecule has 1 heterocycles. The Morgan fingerprint density at radius 3 is 1.10 bits per heavy atom. The van der Waals surface area contributed by atoms with Gasteiger partial charge >= 0.3 is 0 Å². The summed E-state index contributed by atoms with van der Waals surface area (Å²) in [5.74, 6) is 0.160. The summed E-state index contributed by atoms with van der Waals surface area (Å²) >= 11 is 1.55. The maximum atomic E-state index is 10.7. The predicted molar refractivity (Wildman–Crippen MR) is 192 cm³/mol. The Balaban J connectivity index is -0.000000142. The van der Waals surface area contributed by atoms with Gasteiger partial charge in [0.05, 0.1) is 4.88 Å². The molecule has 0 fully saturated rings. The summed E-state index contributed by atoms with van der Waals surface area (Å²) in [6.45, 7) is 44.9. The number of aryl methyl sites for hydroxylation is 2. The number of carbonyl (C=O) groups is 2. The van der Waals surface area contributed by atoms with Crippen LogP contribution in [0.2, 0.25) is 0 Å². The molecule has 0 saturated carbocycles. The van der Waals surface area contributed by atoms with Gasteiger partial charge in [0.15, 0.2) is 5.78 Å². The van der Waals surface area contributed by atoms with Crippen LogP contribution in [0.25, 0.3) is 0 Å². The fraction of sp³-hybridized carbons (Fsp3) is 0.632. The Labute approximate surface area is 262 Å². The number of carbonyl (C=O) groups excluding carboxylic acids is 2. The van der Waals surface area contributed by atoms with Crippen LogP contribution in [0.3, 0.4) is 0 Å². The predicted octanol–water partition coefficient (Wildman–Crippen LogP) is 13.1. The SMILES string of the molecule is C=C.C=O.CC(=O)c1ccc(C)s1.CC(C)(C)C.CCCC.CCCC.Cc1cc(C(C)(C)C)cc(C(C)(C)C)c1. The van der Waals surface area contributed by atoms with Gasteiger partial charge in [-0.25, -0.2) is 0 Å². The summed E-state index contributed by atoms with van der Waals surface area (Å²) in [6, 6.07) is 10.8. The monoisotopic (exact) mass is 591 g/mol. The molecule has 1 aromatic heterocycles. The first-order chi connectivity index (χ1) is 18.6. The third kappa shape index (κ3) is 36.0. The maximum Gasteiger partial charge on any atom is 0.169 e. The Hall–Kier alpha value is -2.00. The van der Waals surface area contributed by atoms with Crippen LogP contribution in [0.1, 0.15) is 161 Å². The molecule has 0 aliphatic heterocycles. The Bertz CT molecular complexity index is 823. The summed E-state index contributed by atoms with van der Waals surface area (Å²) < 4.78 is 0. The van der Waals surface area contributed by atoms with E-state index in [0.717, 1.165) is 4.88 Å². The number of hydrogen-bond donors (Lipinski definition) is 0. The molecule has 0 bridgehead atoms. The average molecular weight is 591 g/mol. The molecule has 0 spiro atoms. The van der Waals surface area contributed by atoms with Crippen molar-refractivity contribution in [2.24, 2.45) is 5.41 Å². The van der Waals surface area contributed by atoms with Gasteiger partial charge in [-0.1, -0.05) is 146 Å². The van der Waals surface area contributed by atoms with E-state index in [0.29, 0.717) is 5.41 Å². The molecule has 41 heavy (non-hydrogen) atoms. The topological polar surface area (TPSA) is 34.1 Å². The van der Waals surface area contributed by atoms with Crippen molar-refractivity contribution in [3.63, 3.8) is 0 Å². The van der Waals surface area contributed by atoms with E-state index in [1.54, 1.807) is 18.3 Å². The van der Waals surface area contributed by atoms with Crippen molar-refractivity contribution in [3.8, 4) is 0 Å². The molecule has 0 N–H and O–H groups in total. The van der Waals surface area contributed by atoms with Crippen molar-refractivity contribution in [3.05, 3.63) is 69.9 Å². The number of rotatable bonds is 3. The summed E-state index contributed by atoms with van der Waals surface area (Å²) in [7, 11) is 0. The molecule has 0 radical (unpaired) electrons. The van der Waals surface area contributed by atoms with E-state index in [2.05, 4.69) is 135 Å². The lowest BCUT2D eigenvalue weighted by Crippen LogP contribution is -2.16. The lowest BCUT2D eigenvalue weighted by molar-refractivity contribution is -0.0980. The number of Topliss-reactive ketones (excluding diaryl/α,β-unsaturated/α-hetero) is 1. The van der Waals surface area contributed by atoms with Gasteiger partial charge in [-0.15, -0.1) is 24.5 Å². The molecular weight excluding hydrogens is 520 g/mol. The third-order valence-electron chi connectivity index (χ3n) is 4.90. The fourth-order valence-electron chi connectivity index (χ4n) is 2.27. The van der Waals surface area contributed by atoms with Gasteiger partial charge in [-0.05, 0) is 60.3 Å². The number of hydrogen-bond acceptors (Lipinski definition) is 3. The molecular formula is C38H70O2S. The molecule has 2 nitrogen and oxygen atoms in total. The van der Waals surface area contributed by atoms with Gasteiger partial charge in [0.25, 0.3) is 0 Å². The zero-order valence-corrected chi connectivity index (χ0v) is 31.4. The maximum absolute atomic E-state index is 10.7. The van der Waals surface area contributed by atoms with Crippen molar-refractivity contribution < 1.29 is 9.59 Å². The van der Waals surface area contributed by atoms with Crippen molar-refractivity contribution in [2.75, 3.05) is 0 Å². The second-order valence-electron chi connectivity index (χ2n) is 13.6. The minimum atomic E-state index is 0.160. The van der Waals surface area contributed by atoms with Crippen LogP contribution in [-0.4, -0.2) is 12.6 Å². The third-order valence-corrected chi connectivity index (χ3v) is 6.00. The first kappa shape index (κ1) is 48.7. The van der Waals surface area contributed by atoms with Crippen LogP contribution in [-0.2, 0) is 15.6 Å². The van der Waals surface area contributed by atoms with E-state index in [-0.39, 0.29) is 16.6 Å². The summed E-state index contributed by atoms with van der Waals surface area (Å²) in [4.78, 5) is 20.7. The highest BCUT2D eigenvalue weighted by molar-refractivity contribution is 7.13. The van der Waals surface area contributed by atoms with E-state index >= 15 is 0 Å². The highest BCUT2D eigenvalue weighted by atomic mass is 32.1. The van der Waals surface area contributed by atoms with Gasteiger partial charge in [0, 0.05) is 4.88 Å². The molecule has 0 saturated heterocycles. The molecule has 2 rings (SSSR count). The van der Waals surface area contributed by atoms with Crippen molar-refractivity contribution >= 4 is 23.9 Å². The normalized spacial score (nSPS) is 9.98. The van der Waals surface area contributed by atoms with Crippen LogP contribution in [0.5, 0.6) is 0 Å². The lowest BCUT2D eigenvalue weighted by Gasteiger charge is -2.25. The highest BCUT2D eigenvalue weighted by Gasteiger charge is 2.19. The van der Waals surface area contributed by atoms with Crippen LogP contribution in [0.15, 0.2) is 43.5 Å². The molecule has 0 aliphatic rings. The first-order valence-corrected chi connectivity index (χ1v) is 15.9. The standard InChI is InChI=1S/C15H24.C7H8OS.C5H12.2C4H10.C2H4.CH2O/c1-11-8-12(14(2,3)4)10-13(9-11)15(5,6)7;1-5-3-4-7(9-5)6(2)8;1-5(2,3)4;2*1-3-4-2;2*1-2/h8-10H,1-7H3;3-4H,1-2H3;1-4H3;2*3-4H2,1-2H3;1-2H2;1H2. The number of thiophene rings is 1. The molecule has 2 aromatic rings. The summed E-state index contributed by atoms with van der Waals surface area (Å²) in [6.07, 6.45) is 5.28. The van der Waals surface area contributed by atoms with Gasteiger partial charge < -0.3 is 4.79 Å². The van der Waals surface area contributed by atoms with Crippen LogP contribution in [0.4, 0.5) is 0 Å². The first-order valence-electron chi connectivity index (χ1n) is 15.1. The minimum Gasteiger partial charge on any atom is -0.307 e. The largest absolute Gasteiger partial charge is 0.307 e. The molecule has 1 aromatic carbocycles. The Morgan fingerprint density at radius 1 is 0.659 bits per heavy atom. The molecule has 0 atom stereocenters. The van der Waals surface area contributed by atoms with E-state index < -0.39 is 0 Å². The van der Waals surface area contributed by atoms with Gasteiger partial charge in [-0.2, -0.15) is 0 Å². The van der Waals surface area contributed by atoms with Crippen molar-refractivity contribution in [1.82, 2.24) is 0 Å². The van der Waals surface area contributed by atoms with Crippen LogP contribution in [0, 0.1) is 19.3 Å². The Kier molecular flexibility index (Phi) is 31.9. The molecule has 0 amide bonds. The van der Waals surface area contributed by atoms with Gasteiger partial charge in [0.1, 0.15) is 6.79 Å². The zero-order chi connectivity index (χ0) is 34.0. The zero-order valence-electron chi connectivity index (χ0n) is 30.6. The molecule has 0 aliphatic carbocycles. The van der Waals surface area contributed by atoms with Crippen LogP contribution >= 0.6 is 11.3 Å². The molecule has 0 unspecified atom stereocenters. The lowest BCUT2D eigenvalue weighted by atomic mass is 9.80. The summed E-state index contributed by atoms with van der Waals surface area (Å²) in [5, 5.41) is 0. The van der Waals surface area contributed by atoms with Crippen LogP contribution < -0.4 is 0 Å². The second kappa shape index (κ2) is 26.9. The van der Waals surface area contributed by atoms with E-state index in [9.17, 15) is 4.79 Å². The summed E-state index contributed by atoms with van der Waals surface area (Å²) in [5.41, 5.74) is 5.23. The van der Waals surface area contributed by atoms with E-state index in [1.165, 1.54) is 47.3 Å². The van der Waals surface area contributed by atoms with Crippen molar-refractivity contribution in [2.45, 2.75) is 154 Å². The van der Waals surface area contributed by atoms with E-state index in [4.69, 9.17) is 4.79 Å². The van der Waals surface area contributed by atoms with Gasteiger partial charge in [0.2, 0.25) is 0 Å².